The molecule has 1 aliphatic rings. The van der Waals surface area contributed by atoms with Gasteiger partial charge in [0, 0.05) is 25.3 Å². The van der Waals surface area contributed by atoms with E-state index in [0.717, 1.165) is 47.0 Å². The predicted molar refractivity (Wildman–Crippen MR) is 290 cm³/mol. The van der Waals surface area contributed by atoms with E-state index in [-0.39, 0.29) is 0 Å². The van der Waals surface area contributed by atoms with Gasteiger partial charge in [0.15, 0.2) is 0 Å². The molecule has 2 nitrogen and oxygen atoms in total. The number of nitrogens with zero attached hydrogens (tertiary/aromatic N) is 2. The molecule has 0 saturated heterocycles. The molecule has 4 aromatic rings. The molecule has 0 spiro atoms. The van der Waals surface area contributed by atoms with E-state index in [2.05, 4.69) is 149 Å². The van der Waals surface area contributed by atoms with Crippen LogP contribution < -0.4 is 9.07 Å². The van der Waals surface area contributed by atoms with Crippen molar-refractivity contribution in [2.24, 2.45) is 0 Å². The van der Waals surface area contributed by atoms with Gasteiger partial charge in [-0.1, -0.05) is 211 Å². The molecule has 0 radical (unpaired) electrons. The third-order valence-corrected chi connectivity index (χ3v) is 15.3. The summed E-state index contributed by atoms with van der Waals surface area (Å²) in [5.41, 5.74) is 19.4. The number of allylic oxidation sites excluding steroid dienone is 4. The van der Waals surface area contributed by atoms with Crippen molar-refractivity contribution in [3.63, 3.8) is 0 Å². The molecule has 0 aromatic heterocycles. The fraction of sp³-hybridized carbons (Fsp3) is 0.516. The third kappa shape index (κ3) is 23.4. The number of hydrogen-bond acceptors (Lipinski definition) is 0. The third-order valence-electron chi connectivity index (χ3n) is 12.6. The van der Waals surface area contributed by atoms with Gasteiger partial charge in [-0.25, -0.2) is 4.70 Å². The molecule has 0 fully saturated rings. The van der Waals surface area contributed by atoms with Crippen molar-refractivity contribution >= 4 is 28.5 Å². The van der Waals surface area contributed by atoms with E-state index in [4.69, 9.17) is 0 Å². The second kappa shape index (κ2) is 33.8. The fourth-order valence-electron chi connectivity index (χ4n) is 8.90. The van der Waals surface area contributed by atoms with E-state index in [0.29, 0.717) is 0 Å². The molecule has 1 heterocycles. The standard InChI is InChI=1S/C50H80N2Si.2C6H5.Ni/c1-6-8-10-11-12-13-14-15-16-17-18-19-20-21-22-23-24-25-26-27-28-29-30-31-35-48-42-49(47-36-32-34-45(41-47)43-53(3,4)5)52(51)50(48)46-39-37-44(38-40-46)33-9-7-2;2*1-2-4-6-5-3-1;/h31-32,34-42H,6-30,33,43H2,1-5H3;2*1-5H;. The Hall–Kier alpha value is -3.59. The van der Waals surface area contributed by atoms with E-state index in [9.17, 15) is 5.53 Å². The van der Waals surface area contributed by atoms with Crippen molar-refractivity contribution in [2.75, 3.05) is 0 Å². The van der Waals surface area contributed by atoms with Crippen molar-refractivity contribution in [2.45, 2.75) is 206 Å². The molecule has 0 amide bonds. The molecule has 0 unspecified atom stereocenters. The molecule has 5 rings (SSSR count). The average molecular weight is 950 g/mol. The molecule has 1 aliphatic heterocycles. The van der Waals surface area contributed by atoms with Crippen LogP contribution in [0, 0.1) is 0 Å². The van der Waals surface area contributed by atoms with Gasteiger partial charge in [-0.2, -0.15) is 0 Å². The fourth-order valence-corrected chi connectivity index (χ4v) is 11.4. The first-order chi connectivity index (χ1) is 32.3. The van der Waals surface area contributed by atoms with Crippen LogP contribution in [0.25, 0.3) is 16.9 Å². The summed E-state index contributed by atoms with van der Waals surface area (Å²) < 4.78 is 4.05. The van der Waals surface area contributed by atoms with Gasteiger partial charge < -0.3 is 5.53 Å². The number of unbranched alkanes of at least 4 members (excludes halogenated alkanes) is 23. The van der Waals surface area contributed by atoms with Gasteiger partial charge in [0.05, 0.1) is 5.57 Å². The van der Waals surface area contributed by atoms with Gasteiger partial charge in [-0.15, -0.1) is 0 Å². The van der Waals surface area contributed by atoms with Gasteiger partial charge in [-0.3, -0.25) is 0 Å². The van der Waals surface area contributed by atoms with Crippen LogP contribution in [0.1, 0.15) is 197 Å². The second-order valence-electron chi connectivity index (χ2n) is 20.1. The summed E-state index contributed by atoms with van der Waals surface area (Å²) in [4.78, 5) is 0. The Kier molecular flexibility index (Phi) is 28.2. The zero-order valence-corrected chi connectivity index (χ0v) is 44.4. The Morgan fingerprint density at radius 1 is 0.485 bits per heavy atom. The Bertz CT molecular complexity index is 1930. The van der Waals surface area contributed by atoms with E-state index in [1.165, 1.54) is 179 Å². The van der Waals surface area contributed by atoms with Gasteiger partial charge in [0.2, 0.25) is 11.4 Å². The van der Waals surface area contributed by atoms with Crippen LogP contribution in [-0.4, -0.2) is 12.8 Å². The van der Waals surface area contributed by atoms with Crippen LogP contribution in [0.4, 0.5) is 0 Å². The Labute approximate surface area is 412 Å². The normalized spacial score (nSPS) is 12.9. The molecule has 0 aliphatic carbocycles. The summed E-state index contributed by atoms with van der Waals surface area (Å²) >= 11 is 1.60. The van der Waals surface area contributed by atoms with Crippen molar-refractivity contribution in [3.8, 4) is 0 Å². The molecule has 0 saturated carbocycles. The van der Waals surface area contributed by atoms with Crippen molar-refractivity contribution in [1.82, 2.24) is 0 Å². The summed E-state index contributed by atoms with van der Waals surface area (Å²) in [6.07, 6.45) is 42.7. The van der Waals surface area contributed by atoms with E-state index >= 15 is 0 Å². The molecule has 4 heteroatoms. The first kappa shape index (κ1) is 55.0. The van der Waals surface area contributed by atoms with E-state index in [1.54, 1.807) is 14.4 Å². The maximum atomic E-state index is 11.6. The van der Waals surface area contributed by atoms with E-state index in [1.807, 2.05) is 12.1 Å². The van der Waals surface area contributed by atoms with Crippen LogP contribution in [0.5, 0.6) is 0 Å². The molecule has 66 heavy (non-hydrogen) atoms. The molecular weight excluding hydrogens is 859 g/mol. The Morgan fingerprint density at radius 3 is 1.42 bits per heavy atom. The number of aryl methyl sites for hydroxylation is 1. The predicted octanol–water partition coefficient (Wildman–Crippen LogP) is 18.5. The van der Waals surface area contributed by atoms with E-state index < -0.39 is 8.07 Å². The zero-order chi connectivity index (χ0) is 46.9. The van der Waals surface area contributed by atoms with Gasteiger partial charge >= 0.3 is 84.2 Å². The molecule has 0 N–H and O–H groups in total. The molecule has 0 bridgehead atoms. The zero-order valence-electron chi connectivity index (χ0n) is 42.4. The number of rotatable bonds is 33. The quantitative estimate of drug-likeness (QED) is 0.0258. The van der Waals surface area contributed by atoms with Crippen molar-refractivity contribution < 1.29 is 19.1 Å². The van der Waals surface area contributed by atoms with Gasteiger partial charge in [0.1, 0.15) is 0 Å². The number of benzene rings is 4. The summed E-state index contributed by atoms with van der Waals surface area (Å²) in [6, 6.07) is 39.7. The Morgan fingerprint density at radius 2 is 0.955 bits per heavy atom. The first-order valence-electron chi connectivity index (χ1n) is 26.8. The first-order valence-corrected chi connectivity index (χ1v) is 31.5. The summed E-state index contributed by atoms with van der Waals surface area (Å²) in [5, 5.41) is 0. The second-order valence-corrected chi connectivity index (χ2v) is 27.0. The van der Waals surface area contributed by atoms with Crippen molar-refractivity contribution in [3.05, 3.63) is 161 Å². The van der Waals surface area contributed by atoms with Crippen LogP contribution in [0.15, 0.2) is 133 Å². The summed E-state index contributed by atoms with van der Waals surface area (Å²) in [7, 11) is -1.25. The summed E-state index contributed by atoms with van der Waals surface area (Å²) in [5.74, 6) is 0. The number of hydrogen-bond donors (Lipinski definition) is 0. The summed E-state index contributed by atoms with van der Waals surface area (Å²) in [6.45, 7) is 11.8. The molecule has 4 aromatic carbocycles. The van der Waals surface area contributed by atoms with Crippen LogP contribution >= 0.6 is 0 Å². The topological polar surface area (TPSA) is 25.3 Å². The van der Waals surface area contributed by atoms with Crippen LogP contribution in [0.2, 0.25) is 19.6 Å². The van der Waals surface area contributed by atoms with Crippen LogP contribution in [-0.2, 0) is 26.9 Å². The van der Waals surface area contributed by atoms with Gasteiger partial charge in [0.25, 0.3) is 0 Å². The monoisotopic (exact) mass is 949 g/mol. The molecular formula is C62H90N2NiSi. The van der Waals surface area contributed by atoms with Crippen LogP contribution in [0.3, 0.4) is 0 Å². The van der Waals surface area contributed by atoms with Crippen molar-refractivity contribution in [1.29, 1.82) is 0 Å². The van der Waals surface area contributed by atoms with Gasteiger partial charge in [-0.05, 0) is 67.1 Å². The average Bonchev–Trinajstić information content (AvgIpc) is 3.65. The SMILES string of the molecule is CCCCCCCCCCCCCCCCCCCCCCCCC=CC1=C(c2ccc(CCCC)cc2)[N+](=[N-])C(c2cccc(C[Si](C)(C)C)c2)=C1.c1cc[c]([Ni][c]2ccccc2)cc1. The maximum absolute atomic E-state index is 11.6. The minimum absolute atomic E-state index is 0.872. The molecule has 362 valence electrons. The minimum atomic E-state index is -1.25. The Balaban J connectivity index is 0.000000620. The molecule has 0 atom stereocenters.